The Morgan fingerprint density at radius 2 is 1.77 bits per heavy atom. The molecule has 1 heterocycles. The summed E-state index contributed by atoms with van der Waals surface area (Å²) < 4.78 is 1.28. The normalized spacial score (nSPS) is 11.5. The van der Waals surface area contributed by atoms with Crippen molar-refractivity contribution in [2.75, 3.05) is 22.3 Å². The zero-order valence-corrected chi connectivity index (χ0v) is 17.6. The van der Waals surface area contributed by atoms with E-state index in [9.17, 15) is 4.79 Å². The number of benzene rings is 3. The molecule has 0 bridgehead atoms. The van der Waals surface area contributed by atoms with E-state index in [1.54, 1.807) is 0 Å². The van der Waals surface area contributed by atoms with Gasteiger partial charge in [0.25, 0.3) is 5.95 Å². The molecule has 0 aliphatic carbocycles. The van der Waals surface area contributed by atoms with Crippen LogP contribution in [0.15, 0.2) is 83.1 Å². The molecule has 4 aromatic rings. The summed E-state index contributed by atoms with van der Waals surface area (Å²) in [4.78, 5) is 12.5. The van der Waals surface area contributed by atoms with Gasteiger partial charge in [-0.2, -0.15) is 5.10 Å². The smallest absolute Gasteiger partial charge is 0.264 e. The number of carbonyl (C=O) groups excluding carboxylic acids is 1. The number of thioether (sulfide) groups is 1. The van der Waals surface area contributed by atoms with Crippen molar-refractivity contribution < 1.29 is 4.79 Å². The van der Waals surface area contributed by atoms with E-state index in [1.807, 2.05) is 79.7 Å². The second kappa shape index (κ2) is 9.31. The molecule has 1 aromatic heterocycles. The number of nitrogens with zero attached hydrogens (tertiary/aromatic N) is 4. The zero-order chi connectivity index (χ0) is 21.6. The number of hydrogen-bond donors (Lipinski definition) is 3. The van der Waals surface area contributed by atoms with Crippen LogP contribution in [-0.2, 0) is 4.79 Å². The number of nitrogens with one attached hydrogen (secondary N) is 2. The molecule has 0 saturated carbocycles. The first-order valence-electron chi connectivity index (χ1n) is 9.58. The lowest BCUT2D eigenvalue weighted by atomic mass is 10.1. The average molecular weight is 432 g/mol. The molecule has 4 rings (SSSR count). The van der Waals surface area contributed by atoms with Crippen molar-refractivity contribution in [1.82, 2.24) is 14.9 Å². The van der Waals surface area contributed by atoms with E-state index in [4.69, 9.17) is 5.84 Å². The number of rotatable bonds is 7. The summed E-state index contributed by atoms with van der Waals surface area (Å²) in [5, 5.41) is 17.7. The van der Waals surface area contributed by atoms with Crippen molar-refractivity contribution in [2.45, 2.75) is 12.1 Å². The summed E-state index contributed by atoms with van der Waals surface area (Å²) in [6, 6.07) is 23.5. The van der Waals surface area contributed by atoms with Crippen LogP contribution in [0, 0.1) is 0 Å². The maximum atomic E-state index is 12.5. The minimum Gasteiger partial charge on any atom is -0.334 e. The highest BCUT2D eigenvalue weighted by atomic mass is 32.2. The van der Waals surface area contributed by atoms with Gasteiger partial charge in [-0.05, 0) is 23.9 Å². The van der Waals surface area contributed by atoms with Crippen LogP contribution in [-0.4, -0.2) is 32.2 Å². The molecule has 8 nitrogen and oxygen atoms in total. The Morgan fingerprint density at radius 1 is 1.03 bits per heavy atom. The highest BCUT2D eigenvalue weighted by Gasteiger charge is 2.13. The number of hydrazone groups is 1. The minimum atomic E-state index is -0.156. The quantitative estimate of drug-likeness (QED) is 0.178. The van der Waals surface area contributed by atoms with Gasteiger partial charge in [-0.25, -0.2) is 10.1 Å². The van der Waals surface area contributed by atoms with Crippen LogP contribution < -0.4 is 16.6 Å². The summed E-state index contributed by atoms with van der Waals surface area (Å²) in [6.45, 7) is 1.88. The average Bonchev–Trinajstić information content (AvgIpc) is 3.16. The van der Waals surface area contributed by atoms with Crippen LogP contribution in [0.3, 0.4) is 0 Å². The zero-order valence-electron chi connectivity index (χ0n) is 16.8. The first kappa shape index (κ1) is 20.4. The van der Waals surface area contributed by atoms with Crippen LogP contribution in [0.4, 0.5) is 11.6 Å². The molecule has 0 fully saturated rings. The van der Waals surface area contributed by atoms with Crippen LogP contribution in [0.2, 0.25) is 0 Å². The van der Waals surface area contributed by atoms with Crippen molar-refractivity contribution in [1.29, 1.82) is 0 Å². The third kappa shape index (κ3) is 4.84. The van der Waals surface area contributed by atoms with Gasteiger partial charge < -0.3 is 11.2 Å². The van der Waals surface area contributed by atoms with Crippen molar-refractivity contribution >= 4 is 45.8 Å². The second-order valence-corrected chi connectivity index (χ2v) is 7.66. The molecule has 9 heteroatoms. The SMILES string of the molecule is C/C(=N\Nc1nnc(SCC(=O)Nc2cccc3ccccc23)n1N)c1ccccc1. The van der Waals surface area contributed by atoms with E-state index in [2.05, 4.69) is 26.0 Å². The third-order valence-corrected chi connectivity index (χ3v) is 5.52. The number of nitrogen functional groups attached to an aromatic ring is 1. The molecule has 31 heavy (non-hydrogen) atoms. The highest BCUT2D eigenvalue weighted by molar-refractivity contribution is 7.99. The molecular weight excluding hydrogens is 410 g/mol. The van der Waals surface area contributed by atoms with E-state index in [-0.39, 0.29) is 17.6 Å². The number of carbonyl (C=O) groups is 1. The van der Waals surface area contributed by atoms with Gasteiger partial charge in [0.1, 0.15) is 0 Å². The molecule has 1 amide bonds. The Labute approximate surface area is 183 Å². The van der Waals surface area contributed by atoms with E-state index in [0.717, 1.165) is 27.7 Å². The molecule has 4 N–H and O–H groups in total. The largest absolute Gasteiger partial charge is 0.334 e. The fourth-order valence-corrected chi connectivity index (χ4v) is 3.64. The Bertz CT molecular complexity index is 1230. The molecule has 0 aliphatic rings. The number of amides is 1. The Balaban J connectivity index is 1.37. The van der Waals surface area contributed by atoms with Crippen molar-refractivity contribution in [3.63, 3.8) is 0 Å². The van der Waals surface area contributed by atoms with Gasteiger partial charge in [-0.1, -0.05) is 78.5 Å². The number of fused-ring (bicyclic) bond motifs is 1. The summed E-state index contributed by atoms with van der Waals surface area (Å²) in [7, 11) is 0. The second-order valence-electron chi connectivity index (χ2n) is 6.71. The first-order valence-corrected chi connectivity index (χ1v) is 10.6. The first-order chi connectivity index (χ1) is 15.1. The highest BCUT2D eigenvalue weighted by Crippen LogP contribution is 2.24. The van der Waals surface area contributed by atoms with E-state index < -0.39 is 0 Å². The maximum Gasteiger partial charge on any atom is 0.264 e. The molecule has 0 aliphatic heterocycles. The van der Waals surface area contributed by atoms with E-state index >= 15 is 0 Å². The summed E-state index contributed by atoms with van der Waals surface area (Å²) in [5.74, 6) is 6.32. The van der Waals surface area contributed by atoms with Crippen LogP contribution in [0.1, 0.15) is 12.5 Å². The molecule has 0 atom stereocenters. The number of anilines is 2. The molecular formula is C22H21N7OS. The van der Waals surface area contributed by atoms with Gasteiger partial charge in [-0.15, -0.1) is 10.2 Å². The van der Waals surface area contributed by atoms with Crippen LogP contribution >= 0.6 is 11.8 Å². The summed E-state index contributed by atoms with van der Waals surface area (Å²) in [6.07, 6.45) is 0. The maximum absolute atomic E-state index is 12.5. The van der Waals surface area contributed by atoms with Gasteiger partial charge in [0.05, 0.1) is 11.5 Å². The fraction of sp³-hybridized carbons (Fsp3) is 0.0909. The van der Waals surface area contributed by atoms with Crippen molar-refractivity contribution in [2.24, 2.45) is 5.10 Å². The van der Waals surface area contributed by atoms with Gasteiger partial charge in [0.15, 0.2) is 0 Å². The molecule has 3 aromatic carbocycles. The monoisotopic (exact) mass is 431 g/mol. The number of hydrogen-bond acceptors (Lipinski definition) is 7. The van der Waals surface area contributed by atoms with Crippen molar-refractivity contribution in [3.8, 4) is 0 Å². The Morgan fingerprint density at radius 3 is 2.61 bits per heavy atom. The number of nitrogens with two attached hydrogens (primary N) is 1. The number of aromatic nitrogens is 3. The third-order valence-electron chi connectivity index (χ3n) is 4.58. The van der Waals surface area contributed by atoms with Gasteiger partial charge >= 0.3 is 0 Å². The lowest BCUT2D eigenvalue weighted by molar-refractivity contribution is -0.113. The predicted octanol–water partition coefficient (Wildman–Crippen LogP) is 3.71. The topological polar surface area (TPSA) is 110 Å². The van der Waals surface area contributed by atoms with Crippen LogP contribution in [0.5, 0.6) is 0 Å². The molecule has 0 unspecified atom stereocenters. The van der Waals surface area contributed by atoms with Gasteiger partial charge in [-0.3, -0.25) is 4.79 Å². The summed E-state index contributed by atoms with van der Waals surface area (Å²) in [5.41, 5.74) is 5.36. The van der Waals surface area contributed by atoms with Gasteiger partial charge in [0.2, 0.25) is 11.1 Å². The molecule has 0 saturated heterocycles. The molecule has 0 spiro atoms. The standard InChI is InChI=1S/C22H21N7OS/c1-15(16-8-3-2-4-9-16)25-26-21-27-28-22(29(21)23)31-14-20(30)24-19-13-7-11-17-10-5-6-12-18(17)19/h2-13H,14,23H2,1H3,(H,24,30)(H,26,27)/b25-15+. The van der Waals surface area contributed by atoms with E-state index in [1.165, 1.54) is 16.4 Å². The van der Waals surface area contributed by atoms with E-state index in [0.29, 0.717) is 5.16 Å². The fourth-order valence-electron chi connectivity index (χ4n) is 2.98. The lowest BCUT2D eigenvalue weighted by Crippen LogP contribution is -2.17. The van der Waals surface area contributed by atoms with Gasteiger partial charge in [0, 0.05) is 11.1 Å². The Hall–Kier alpha value is -3.85. The molecule has 0 radical (unpaired) electrons. The van der Waals surface area contributed by atoms with Crippen molar-refractivity contribution in [3.05, 3.63) is 78.4 Å². The Kier molecular flexibility index (Phi) is 6.13. The molecule has 156 valence electrons. The minimum absolute atomic E-state index is 0.144. The predicted molar refractivity (Wildman–Crippen MR) is 126 cm³/mol. The van der Waals surface area contributed by atoms with Crippen LogP contribution in [0.25, 0.3) is 10.8 Å². The lowest BCUT2D eigenvalue weighted by Gasteiger charge is -2.08. The summed E-state index contributed by atoms with van der Waals surface area (Å²) >= 11 is 1.20.